The fourth-order valence-electron chi connectivity index (χ4n) is 2.62. The quantitative estimate of drug-likeness (QED) is 0.830. The van der Waals surface area contributed by atoms with Crippen LogP contribution in [0.15, 0.2) is 12.7 Å². The smallest absolute Gasteiger partial charge is 0.182 e. The van der Waals surface area contributed by atoms with Crippen LogP contribution in [0.2, 0.25) is 0 Å². The Morgan fingerprint density at radius 3 is 3.11 bits per heavy atom. The van der Waals surface area contributed by atoms with Crippen molar-refractivity contribution < 1.29 is 0 Å². The molecule has 0 bridgehead atoms. The van der Waals surface area contributed by atoms with E-state index in [1.165, 1.54) is 0 Å². The number of rotatable bonds is 2. The van der Waals surface area contributed by atoms with Crippen LogP contribution < -0.4 is 5.32 Å². The molecule has 6 nitrogen and oxygen atoms in total. The third-order valence-corrected chi connectivity index (χ3v) is 3.65. The molecule has 0 amide bonds. The fraction of sp³-hybridized carbons (Fsp3) is 0.583. The molecule has 3 rings (SSSR count). The van der Waals surface area contributed by atoms with E-state index < -0.39 is 0 Å². The van der Waals surface area contributed by atoms with Crippen LogP contribution in [0.5, 0.6) is 0 Å². The summed E-state index contributed by atoms with van der Waals surface area (Å²) in [4.78, 5) is 18.1. The van der Waals surface area contributed by atoms with E-state index in [1.54, 1.807) is 12.7 Å². The number of fused-ring (bicyclic) bond motifs is 1. The molecule has 6 heteroatoms. The molecule has 0 aliphatic carbocycles. The molecule has 2 N–H and O–H groups in total. The number of H-pyrrole nitrogens is 1. The number of imidazole rings is 1. The zero-order chi connectivity index (χ0) is 12.5. The van der Waals surface area contributed by atoms with Crippen molar-refractivity contribution in [3.63, 3.8) is 0 Å². The van der Waals surface area contributed by atoms with Gasteiger partial charge in [-0.2, -0.15) is 0 Å². The zero-order valence-electron chi connectivity index (χ0n) is 10.7. The molecule has 2 aromatic rings. The summed E-state index contributed by atoms with van der Waals surface area (Å²) in [6, 6.07) is 0.461. The lowest BCUT2D eigenvalue weighted by Crippen LogP contribution is -2.43. The highest BCUT2D eigenvalue weighted by Gasteiger charge is 2.24. The summed E-state index contributed by atoms with van der Waals surface area (Å²) in [5.74, 6) is 1.47. The van der Waals surface area contributed by atoms with E-state index in [0.29, 0.717) is 17.6 Å². The van der Waals surface area contributed by atoms with Gasteiger partial charge in [-0.25, -0.2) is 15.0 Å². The van der Waals surface area contributed by atoms with Gasteiger partial charge >= 0.3 is 0 Å². The van der Waals surface area contributed by atoms with Gasteiger partial charge in [-0.1, -0.05) is 6.92 Å². The highest BCUT2D eigenvalue weighted by atomic mass is 15.1. The second kappa shape index (κ2) is 4.53. The summed E-state index contributed by atoms with van der Waals surface area (Å²) in [5, 5.41) is 3.53. The Balaban J connectivity index is 1.82. The summed E-state index contributed by atoms with van der Waals surface area (Å²) in [6.07, 6.45) is 4.35. The molecule has 3 heterocycles. The second-order valence-electron chi connectivity index (χ2n) is 5.10. The molecule has 2 atom stereocenters. The van der Waals surface area contributed by atoms with Crippen LogP contribution in [0.3, 0.4) is 0 Å². The maximum Gasteiger partial charge on any atom is 0.182 e. The average molecular weight is 246 g/mol. The summed E-state index contributed by atoms with van der Waals surface area (Å²) < 4.78 is 0. The highest BCUT2D eigenvalue weighted by molar-refractivity contribution is 5.82. The number of nitrogens with one attached hydrogen (secondary N) is 2. The molecule has 2 aromatic heterocycles. The first-order chi connectivity index (χ1) is 8.74. The minimum Gasteiger partial charge on any atom is -0.365 e. The Hall–Kier alpha value is -1.69. The van der Waals surface area contributed by atoms with Gasteiger partial charge in [0.25, 0.3) is 0 Å². The van der Waals surface area contributed by atoms with E-state index in [-0.39, 0.29) is 0 Å². The predicted molar refractivity (Wildman–Crippen MR) is 70.4 cm³/mol. The number of likely N-dealkylation sites (tertiary alicyclic amines) is 1. The fourth-order valence-corrected chi connectivity index (χ4v) is 2.62. The van der Waals surface area contributed by atoms with Crippen LogP contribution in [0.25, 0.3) is 11.2 Å². The number of aromatic nitrogens is 4. The first-order valence-electron chi connectivity index (χ1n) is 6.33. The van der Waals surface area contributed by atoms with Gasteiger partial charge in [0, 0.05) is 12.6 Å². The molecule has 96 valence electrons. The second-order valence-corrected chi connectivity index (χ2v) is 5.10. The molecule has 1 aliphatic heterocycles. The number of hydrogen-bond donors (Lipinski definition) is 2. The van der Waals surface area contributed by atoms with Gasteiger partial charge in [0.1, 0.15) is 11.8 Å². The molecule has 0 radical (unpaired) electrons. The standard InChI is InChI=1S/C12H18N6/c1-8-5-18(2)4-3-9(8)17-12-10-11(14-6-13-10)15-7-16-12/h6-9H,3-5H2,1-2H3,(H2,13,14,15,16,17). The minimum absolute atomic E-state index is 0.461. The van der Waals surface area contributed by atoms with Crippen molar-refractivity contribution in [3.05, 3.63) is 12.7 Å². The van der Waals surface area contributed by atoms with Crippen molar-refractivity contribution in [2.75, 3.05) is 25.5 Å². The van der Waals surface area contributed by atoms with Crippen LogP contribution in [0, 0.1) is 5.92 Å². The summed E-state index contributed by atoms with van der Waals surface area (Å²) in [5.41, 5.74) is 1.61. The lowest BCUT2D eigenvalue weighted by molar-refractivity contribution is 0.206. The molecule has 18 heavy (non-hydrogen) atoms. The van der Waals surface area contributed by atoms with Gasteiger partial charge in [-0.15, -0.1) is 0 Å². The number of anilines is 1. The van der Waals surface area contributed by atoms with Gasteiger partial charge in [0.15, 0.2) is 11.5 Å². The number of hydrogen-bond acceptors (Lipinski definition) is 5. The third-order valence-electron chi connectivity index (χ3n) is 3.65. The normalized spacial score (nSPS) is 25.4. The van der Waals surface area contributed by atoms with Gasteiger partial charge in [0.2, 0.25) is 0 Å². The van der Waals surface area contributed by atoms with Crippen molar-refractivity contribution in [3.8, 4) is 0 Å². The Kier molecular flexibility index (Phi) is 2.87. The molecule has 2 unspecified atom stereocenters. The Labute approximate surface area is 106 Å². The van der Waals surface area contributed by atoms with Crippen molar-refractivity contribution in [2.45, 2.75) is 19.4 Å². The predicted octanol–water partition coefficient (Wildman–Crippen LogP) is 1.10. The van der Waals surface area contributed by atoms with Gasteiger partial charge in [-0.3, -0.25) is 0 Å². The molecular weight excluding hydrogens is 228 g/mol. The summed E-state index contributed by atoms with van der Waals surface area (Å²) >= 11 is 0. The van der Waals surface area contributed by atoms with Crippen LogP contribution >= 0.6 is 0 Å². The SMILES string of the molecule is CC1CN(C)CCC1Nc1ncnc2nc[nH]c12. The number of aromatic amines is 1. The van der Waals surface area contributed by atoms with E-state index in [0.717, 1.165) is 30.8 Å². The molecule has 0 spiro atoms. The van der Waals surface area contributed by atoms with Crippen molar-refractivity contribution >= 4 is 17.0 Å². The van der Waals surface area contributed by atoms with E-state index in [4.69, 9.17) is 0 Å². The Bertz CT molecular complexity index is 536. The summed E-state index contributed by atoms with van der Waals surface area (Å²) in [7, 11) is 2.17. The minimum atomic E-state index is 0.461. The van der Waals surface area contributed by atoms with Gasteiger partial charge < -0.3 is 15.2 Å². The maximum atomic E-state index is 4.32. The van der Waals surface area contributed by atoms with Gasteiger partial charge in [-0.05, 0) is 25.9 Å². The van der Waals surface area contributed by atoms with Gasteiger partial charge in [0.05, 0.1) is 6.33 Å². The van der Waals surface area contributed by atoms with Crippen LogP contribution in [0.1, 0.15) is 13.3 Å². The molecule has 0 saturated carbocycles. The van der Waals surface area contributed by atoms with Crippen molar-refractivity contribution in [1.29, 1.82) is 0 Å². The molecule has 1 fully saturated rings. The number of piperidine rings is 1. The Morgan fingerprint density at radius 1 is 1.39 bits per heavy atom. The maximum absolute atomic E-state index is 4.32. The van der Waals surface area contributed by atoms with E-state index in [9.17, 15) is 0 Å². The first kappa shape index (κ1) is 11.4. The summed E-state index contributed by atoms with van der Waals surface area (Å²) in [6.45, 7) is 4.52. The van der Waals surface area contributed by atoms with Crippen LogP contribution in [-0.4, -0.2) is 51.0 Å². The molecular formula is C12H18N6. The van der Waals surface area contributed by atoms with Crippen LogP contribution in [-0.2, 0) is 0 Å². The molecule has 1 aliphatic rings. The topological polar surface area (TPSA) is 69.7 Å². The van der Waals surface area contributed by atoms with Crippen molar-refractivity contribution in [2.24, 2.45) is 5.92 Å². The first-order valence-corrected chi connectivity index (χ1v) is 6.33. The lowest BCUT2D eigenvalue weighted by Gasteiger charge is -2.35. The zero-order valence-corrected chi connectivity index (χ0v) is 10.7. The number of nitrogens with zero attached hydrogens (tertiary/aromatic N) is 4. The largest absolute Gasteiger partial charge is 0.365 e. The highest BCUT2D eigenvalue weighted by Crippen LogP contribution is 2.22. The average Bonchev–Trinajstić information content (AvgIpc) is 2.82. The molecule has 1 saturated heterocycles. The molecule has 0 aromatic carbocycles. The van der Waals surface area contributed by atoms with E-state index in [1.807, 2.05) is 0 Å². The van der Waals surface area contributed by atoms with Crippen LogP contribution in [0.4, 0.5) is 5.82 Å². The lowest BCUT2D eigenvalue weighted by atomic mass is 9.94. The van der Waals surface area contributed by atoms with E-state index >= 15 is 0 Å². The van der Waals surface area contributed by atoms with Crippen molar-refractivity contribution in [1.82, 2.24) is 24.8 Å². The Morgan fingerprint density at radius 2 is 2.28 bits per heavy atom. The van der Waals surface area contributed by atoms with E-state index in [2.05, 4.69) is 44.1 Å². The third kappa shape index (κ3) is 2.03. The monoisotopic (exact) mass is 246 g/mol.